The van der Waals surface area contributed by atoms with Crippen LogP contribution in [0.15, 0.2) is 30.3 Å². The fourth-order valence-electron chi connectivity index (χ4n) is 7.20. The molecule has 1 aromatic rings. The first-order valence-corrected chi connectivity index (χ1v) is 11.0. The Bertz CT molecular complexity index is 1100. The molecule has 2 saturated heterocycles. The Morgan fingerprint density at radius 1 is 0.848 bits per heavy atom. The summed E-state index contributed by atoms with van der Waals surface area (Å²) in [7, 11) is 2.74. The van der Waals surface area contributed by atoms with Crippen LogP contribution in [0.1, 0.15) is 30.6 Å². The van der Waals surface area contributed by atoms with Crippen LogP contribution < -0.4 is 5.32 Å². The van der Waals surface area contributed by atoms with Gasteiger partial charge in [-0.15, -0.1) is 0 Å². The van der Waals surface area contributed by atoms with Gasteiger partial charge in [0.05, 0.1) is 29.2 Å². The average Bonchev–Trinajstić information content (AvgIpc) is 3.17. The minimum atomic E-state index is -1.54. The summed E-state index contributed by atoms with van der Waals surface area (Å²) in [5, 5.41) is 2.93. The van der Waals surface area contributed by atoms with Gasteiger partial charge in [0.15, 0.2) is 0 Å². The zero-order chi connectivity index (χ0) is 24.0. The molecule has 6 rings (SSSR count). The Hall–Kier alpha value is -3.36. The third-order valence-electron chi connectivity index (χ3n) is 8.67. The summed E-state index contributed by atoms with van der Waals surface area (Å²) < 4.78 is 0. The van der Waals surface area contributed by atoms with E-state index in [2.05, 4.69) is 5.32 Å². The molecule has 33 heavy (non-hydrogen) atoms. The molecule has 2 heterocycles. The Morgan fingerprint density at radius 3 is 1.76 bits per heavy atom. The molecule has 1 N–H and O–H groups in total. The highest BCUT2D eigenvalue weighted by atomic mass is 16.2. The van der Waals surface area contributed by atoms with Gasteiger partial charge in [-0.05, 0) is 25.5 Å². The zero-order valence-corrected chi connectivity index (χ0v) is 18.8. The molecule has 2 aliphatic heterocycles. The number of hydrogen-bond acceptors (Lipinski definition) is 6. The molecule has 2 bridgehead atoms. The number of imide groups is 2. The first-order valence-electron chi connectivity index (χ1n) is 11.0. The molecule has 0 radical (unpaired) electrons. The van der Waals surface area contributed by atoms with Crippen LogP contribution in [0.5, 0.6) is 0 Å². The van der Waals surface area contributed by atoms with Gasteiger partial charge in [-0.25, -0.2) is 0 Å². The highest BCUT2D eigenvalue weighted by molar-refractivity contribution is 6.13. The summed E-state index contributed by atoms with van der Waals surface area (Å²) in [5.41, 5.74) is -2.44. The van der Waals surface area contributed by atoms with Gasteiger partial charge in [-0.2, -0.15) is 0 Å². The molecule has 2 unspecified atom stereocenters. The zero-order valence-electron chi connectivity index (χ0n) is 18.8. The summed E-state index contributed by atoms with van der Waals surface area (Å²) in [5.74, 6) is -7.54. The number of likely N-dealkylation sites (tertiary alicyclic amines) is 2. The molecule has 5 amide bonds. The van der Waals surface area contributed by atoms with Gasteiger partial charge >= 0.3 is 0 Å². The number of rotatable bonds is 3. The van der Waals surface area contributed by atoms with Crippen molar-refractivity contribution in [3.05, 3.63) is 35.9 Å². The van der Waals surface area contributed by atoms with Gasteiger partial charge in [-0.1, -0.05) is 25.1 Å². The van der Waals surface area contributed by atoms with Crippen LogP contribution in [0.4, 0.5) is 0 Å². The van der Waals surface area contributed by atoms with Crippen LogP contribution in [0.25, 0.3) is 0 Å². The molecule has 172 valence electrons. The third kappa shape index (κ3) is 2.37. The normalized spacial score (nSPS) is 39.1. The molecule has 7 atom stereocenters. The largest absolute Gasteiger partial charge is 0.345 e. The van der Waals surface area contributed by atoms with Gasteiger partial charge < -0.3 is 5.32 Å². The van der Waals surface area contributed by atoms with E-state index in [1.54, 1.807) is 37.3 Å². The highest BCUT2D eigenvalue weighted by Crippen LogP contribution is 2.70. The van der Waals surface area contributed by atoms with Crippen LogP contribution in [-0.4, -0.2) is 64.8 Å². The Labute approximate surface area is 190 Å². The summed E-state index contributed by atoms with van der Waals surface area (Å²) in [6.45, 7) is 3.08. The molecule has 5 fully saturated rings. The number of carbonyl (C=O) groups excluding carboxylic acids is 6. The van der Waals surface area contributed by atoms with Gasteiger partial charge in [0.2, 0.25) is 23.6 Å². The van der Waals surface area contributed by atoms with Crippen molar-refractivity contribution in [3.63, 3.8) is 0 Å². The lowest BCUT2D eigenvalue weighted by molar-refractivity contribution is -0.189. The standard InChI is InChI=1S/C24H25N3O6/c1-11(28)13-10-24(25-18(29)12-8-6-5-7-9-12)16-14(19(30)26(3)21(16)32)23(13,2)15-17(24)22(33)27(4)20(15)31/h5-9,13-17H,10H2,1-4H3,(H,25,29)/t13-,14-,15+,16+,17-,23?,24?/m0/s1. The van der Waals surface area contributed by atoms with Crippen LogP contribution in [0.2, 0.25) is 0 Å². The third-order valence-corrected chi connectivity index (χ3v) is 8.67. The predicted molar refractivity (Wildman–Crippen MR) is 113 cm³/mol. The molecule has 0 aromatic heterocycles. The van der Waals surface area contributed by atoms with Crippen molar-refractivity contribution in [1.82, 2.24) is 15.1 Å². The molecule has 1 aromatic carbocycles. The summed E-state index contributed by atoms with van der Waals surface area (Å²) >= 11 is 0. The number of nitrogens with zero attached hydrogens (tertiary/aromatic N) is 2. The van der Waals surface area contributed by atoms with Crippen molar-refractivity contribution in [2.24, 2.45) is 35.0 Å². The van der Waals surface area contributed by atoms with Crippen molar-refractivity contribution in [2.45, 2.75) is 25.8 Å². The SMILES string of the molecule is CC(=O)[C@@H]1CC2(NC(=O)c3ccccc3)[C@@H]3C(=O)N(C)C(=O)[C@@H]3C1(C)[C@@H]1C(=O)N(C)C(=O)[C@@H]12. The van der Waals surface area contributed by atoms with Crippen molar-refractivity contribution in [1.29, 1.82) is 0 Å². The fourth-order valence-corrected chi connectivity index (χ4v) is 7.20. The average molecular weight is 451 g/mol. The number of fused-ring (bicyclic) bond motifs is 1. The van der Waals surface area contributed by atoms with E-state index in [1.165, 1.54) is 21.0 Å². The maximum atomic E-state index is 13.4. The quantitative estimate of drug-likeness (QED) is 0.658. The Kier molecular flexibility index (Phi) is 4.29. The van der Waals surface area contributed by atoms with Crippen LogP contribution >= 0.6 is 0 Å². The van der Waals surface area contributed by atoms with E-state index in [1.807, 2.05) is 0 Å². The van der Waals surface area contributed by atoms with E-state index in [4.69, 9.17) is 0 Å². The van der Waals surface area contributed by atoms with Gasteiger partial charge in [0, 0.05) is 31.0 Å². The predicted octanol–water partition coefficient (Wildman–Crippen LogP) is 0.246. The molecule has 3 saturated carbocycles. The summed E-state index contributed by atoms with van der Waals surface area (Å²) in [6.07, 6.45) is 0.0134. The smallest absolute Gasteiger partial charge is 0.251 e. The minimum absolute atomic E-state index is 0.0134. The van der Waals surface area contributed by atoms with E-state index in [0.29, 0.717) is 5.56 Å². The molecule has 0 spiro atoms. The topological polar surface area (TPSA) is 121 Å². The van der Waals surface area contributed by atoms with E-state index in [0.717, 1.165) is 9.80 Å². The first kappa shape index (κ1) is 21.5. The lowest BCUT2D eigenvalue weighted by Crippen LogP contribution is -2.77. The molecular weight excluding hydrogens is 426 g/mol. The van der Waals surface area contributed by atoms with Crippen LogP contribution in [-0.2, 0) is 24.0 Å². The Balaban J connectivity index is 1.77. The van der Waals surface area contributed by atoms with Crippen molar-refractivity contribution in [3.8, 4) is 0 Å². The maximum Gasteiger partial charge on any atom is 0.251 e. The monoisotopic (exact) mass is 451 g/mol. The highest BCUT2D eigenvalue weighted by Gasteiger charge is 2.82. The summed E-state index contributed by atoms with van der Waals surface area (Å²) in [4.78, 5) is 81.7. The van der Waals surface area contributed by atoms with Crippen molar-refractivity contribution in [2.75, 3.05) is 14.1 Å². The summed E-state index contributed by atoms with van der Waals surface area (Å²) in [6, 6.07) is 8.32. The number of Topliss-reactive ketones (excluding diaryl/α,β-unsaturated/α-hetero) is 1. The second kappa shape index (κ2) is 6.59. The second-order valence-electron chi connectivity index (χ2n) is 9.98. The molecular formula is C24H25N3O6. The lowest BCUT2D eigenvalue weighted by Gasteiger charge is -2.64. The van der Waals surface area contributed by atoms with Gasteiger partial charge in [0.1, 0.15) is 5.78 Å². The molecule has 3 aliphatic carbocycles. The molecule has 5 aliphatic rings. The van der Waals surface area contributed by atoms with Crippen molar-refractivity contribution >= 4 is 35.3 Å². The lowest BCUT2D eigenvalue weighted by atomic mass is 9.37. The van der Waals surface area contributed by atoms with E-state index < -0.39 is 70.1 Å². The Morgan fingerprint density at radius 2 is 1.30 bits per heavy atom. The number of nitrogens with one attached hydrogen (secondary N) is 1. The van der Waals surface area contributed by atoms with E-state index in [-0.39, 0.29) is 12.2 Å². The van der Waals surface area contributed by atoms with Crippen LogP contribution in [0, 0.1) is 35.0 Å². The minimum Gasteiger partial charge on any atom is -0.345 e. The molecule has 9 nitrogen and oxygen atoms in total. The van der Waals surface area contributed by atoms with E-state index in [9.17, 15) is 28.8 Å². The maximum absolute atomic E-state index is 13.4. The van der Waals surface area contributed by atoms with Crippen LogP contribution in [0.3, 0.4) is 0 Å². The van der Waals surface area contributed by atoms with Crippen molar-refractivity contribution < 1.29 is 28.8 Å². The molecule has 9 heteroatoms. The first-order chi connectivity index (χ1) is 15.5. The number of carbonyl (C=O) groups is 6. The number of benzene rings is 1. The van der Waals surface area contributed by atoms with Gasteiger partial charge in [-0.3, -0.25) is 38.6 Å². The van der Waals surface area contributed by atoms with E-state index >= 15 is 0 Å². The number of hydrogen-bond donors (Lipinski definition) is 1. The fraction of sp³-hybridized carbons (Fsp3) is 0.500. The number of ketones is 1. The second-order valence-corrected chi connectivity index (χ2v) is 9.98. The number of amides is 5. The van der Waals surface area contributed by atoms with Gasteiger partial charge in [0.25, 0.3) is 5.91 Å².